The summed E-state index contributed by atoms with van der Waals surface area (Å²) in [6.07, 6.45) is 2.82. The molecule has 0 amide bonds. The topological polar surface area (TPSA) is 26.0 Å². The number of rotatable bonds is 1. The normalized spacial score (nSPS) is 12.5. The van der Waals surface area contributed by atoms with E-state index in [9.17, 15) is 0 Å². The summed E-state index contributed by atoms with van der Waals surface area (Å²) in [6.45, 7) is 0. The molecule has 2 heterocycles. The van der Waals surface area contributed by atoms with Crippen LogP contribution in [0.25, 0.3) is 55.1 Å². The van der Waals surface area contributed by atoms with Crippen LogP contribution in [0.1, 0.15) is 11.1 Å². The van der Waals surface area contributed by atoms with Crippen LogP contribution in [0.2, 0.25) is 0 Å². The molecule has 0 saturated carbocycles. The number of furan rings is 1. The summed E-state index contributed by atoms with van der Waals surface area (Å²) in [5.74, 6) is 0. The largest absolute Gasteiger partial charge is 0.456 e. The molecule has 1 aliphatic rings. The molecule has 2 heteroatoms. The van der Waals surface area contributed by atoms with E-state index in [1.807, 2.05) is 30.5 Å². The first-order chi connectivity index (χ1) is 14.8. The van der Waals surface area contributed by atoms with Crippen LogP contribution in [0.15, 0.2) is 95.5 Å². The Bertz CT molecular complexity index is 1610. The van der Waals surface area contributed by atoms with Gasteiger partial charge in [0.1, 0.15) is 11.2 Å². The van der Waals surface area contributed by atoms with Gasteiger partial charge in [0.25, 0.3) is 0 Å². The molecule has 0 unspecified atom stereocenters. The van der Waals surface area contributed by atoms with E-state index >= 15 is 0 Å². The van der Waals surface area contributed by atoms with Gasteiger partial charge in [0.05, 0.1) is 5.69 Å². The van der Waals surface area contributed by atoms with Crippen LogP contribution in [0.3, 0.4) is 0 Å². The maximum atomic E-state index is 6.10. The fourth-order valence-electron chi connectivity index (χ4n) is 4.92. The highest BCUT2D eigenvalue weighted by molar-refractivity contribution is 6.19. The zero-order valence-electron chi connectivity index (χ0n) is 16.2. The van der Waals surface area contributed by atoms with Crippen molar-refractivity contribution in [3.05, 3.63) is 102 Å². The molecule has 1 aliphatic carbocycles. The maximum absolute atomic E-state index is 6.10. The van der Waals surface area contributed by atoms with Gasteiger partial charge >= 0.3 is 0 Å². The third kappa shape index (κ3) is 2.16. The van der Waals surface area contributed by atoms with Gasteiger partial charge in [-0.2, -0.15) is 0 Å². The molecule has 7 rings (SSSR count). The lowest BCUT2D eigenvalue weighted by molar-refractivity contribution is 0.669. The summed E-state index contributed by atoms with van der Waals surface area (Å²) < 4.78 is 6.10. The predicted octanol–water partition coefficient (Wildman–Crippen LogP) is 7.37. The van der Waals surface area contributed by atoms with Gasteiger partial charge in [0.15, 0.2) is 0 Å². The van der Waals surface area contributed by atoms with Crippen molar-refractivity contribution in [1.29, 1.82) is 0 Å². The lowest BCUT2D eigenvalue weighted by Gasteiger charge is -2.07. The Balaban J connectivity index is 1.48. The van der Waals surface area contributed by atoms with Crippen molar-refractivity contribution >= 4 is 32.7 Å². The molecular weight excluding hydrogens is 366 g/mol. The Morgan fingerprint density at radius 1 is 0.667 bits per heavy atom. The number of aromatic nitrogens is 1. The van der Waals surface area contributed by atoms with E-state index in [1.54, 1.807) is 0 Å². The first-order valence-corrected chi connectivity index (χ1v) is 10.3. The summed E-state index contributed by atoms with van der Waals surface area (Å²) in [4.78, 5) is 4.53. The van der Waals surface area contributed by atoms with E-state index in [0.717, 1.165) is 23.3 Å². The molecule has 0 atom stereocenters. The Labute approximate surface area is 173 Å². The average molecular weight is 383 g/mol. The Morgan fingerprint density at radius 3 is 2.50 bits per heavy atom. The number of hydrogen-bond acceptors (Lipinski definition) is 2. The van der Waals surface area contributed by atoms with Crippen molar-refractivity contribution < 1.29 is 4.42 Å². The fraction of sp³-hybridized carbons (Fsp3) is 0.0357. The third-order valence-corrected chi connectivity index (χ3v) is 6.32. The minimum absolute atomic E-state index is 0.948. The van der Waals surface area contributed by atoms with Crippen LogP contribution in [0.5, 0.6) is 0 Å². The van der Waals surface area contributed by atoms with Gasteiger partial charge in [-0.15, -0.1) is 0 Å². The first-order valence-electron chi connectivity index (χ1n) is 10.3. The molecule has 0 spiro atoms. The van der Waals surface area contributed by atoms with Gasteiger partial charge in [0, 0.05) is 22.5 Å². The number of hydrogen-bond donors (Lipinski definition) is 0. The minimum Gasteiger partial charge on any atom is -0.456 e. The second-order valence-electron chi connectivity index (χ2n) is 8.03. The molecule has 0 aliphatic heterocycles. The van der Waals surface area contributed by atoms with Gasteiger partial charge < -0.3 is 4.42 Å². The first kappa shape index (κ1) is 15.9. The van der Waals surface area contributed by atoms with E-state index in [4.69, 9.17) is 4.42 Å². The summed E-state index contributed by atoms with van der Waals surface area (Å²) in [5.41, 5.74) is 9.51. The number of fused-ring (bicyclic) bond motifs is 8. The van der Waals surface area contributed by atoms with Crippen LogP contribution in [-0.4, -0.2) is 4.98 Å². The molecule has 30 heavy (non-hydrogen) atoms. The number of nitrogens with zero attached hydrogens (tertiary/aromatic N) is 1. The number of para-hydroxylation sites is 1. The van der Waals surface area contributed by atoms with E-state index in [1.165, 1.54) is 49.4 Å². The van der Waals surface area contributed by atoms with Gasteiger partial charge in [-0.25, -0.2) is 0 Å². The van der Waals surface area contributed by atoms with Crippen molar-refractivity contribution in [2.45, 2.75) is 6.42 Å². The van der Waals surface area contributed by atoms with E-state index in [0.29, 0.717) is 0 Å². The highest BCUT2D eigenvalue weighted by Crippen LogP contribution is 2.43. The molecule has 6 aromatic rings. The van der Waals surface area contributed by atoms with Crippen LogP contribution in [0, 0.1) is 0 Å². The summed E-state index contributed by atoms with van der Waals surface area (Å²) in [7, 11) is 0. The van der Waals surface area contributed by atoms with Crippen molar-refractivity contribution in [2.75, 3.05) is 0 Å². The molecule has 2 nitrogen and oxygen atoms in total. The molecule has 0 saturated heterocycles. The molecule has 4 aromatic carbocycles. The zero-order chi connectivity index (χ0) is 19.7. The second-order valence-corrected chi connectivity index (χ2v) is 8.03. The molecule has 0 radical (unpaired) electrons. The van der Waals surface area contributed by atoms with Crippen LogP contribution >= 0.6 is 0 Å². The van der Waals surface area contributed by atoms with E-state index in [-0.39, 0.29) is 0 Å². The third-order valence-electron chi connectivity index (χ3n) is 6.32. The van der Waals surface area contributed by atoms with Gasteiger partial charge in [-0.1, -0.05) is 42.5 Å². The summed E-state index contributed by atoms with van der Waals surface area (Å²) in [5, 5.41) is 4.93. The van der Waals surface area contributed by atoms with E-state index in [2.05, 4.69) is 65.6 Å². The lowest BCUT2D eigenvalue weighted by Crippen LogP contribution is -1.85. The highest BCUT2D eigenvalue weighted by Gasteiger charge is 2.21. The minimum atomic E-state index is 0.948. The van der Waals surface area contributed by atoms with Crippen molar-refractivity contribution in [2.24, 2.45) is 0 Å². The van der Waals surface area contributed by atoms with Gasteiger partial charge in [-0.3, -0.25) is 4.98 Å². The highest BCUT2D eigenvalue weighted by atomic mass is 16.3. The lowest BCUT2D eigenvalue weighted by atomic mass is 9.96. The molecule has 140 valence electrons. The van der Waals surface area contributed by atoms with Gasteiger partial charge in [0.2, 0.25) is 0 Å². The zero-order valence-corrected chi connectivity index (χ0v) is 16.2. The number of pyridine rings is 1. The molecule has 0 bridgehead atoms. The standard InChI is InChI=1S/C28H17NO/c1-2-7-26-21(5-1)28-24-16-20-13-17-8-9-19(25-6-3-4-12-29-25)15-22(17)23(20)14-18(24)10-11-27(28)30-26/h1-12,14-16H,13H2. The van der Waals surface area contributed by atoms with Crippen LogP contribution in [0.4, 0.5) is 0 Å². The summed E-state index contributed by atoms with van der Waals surface area (Å²) in [6, 6.07) is 30.1. The monoisotopic (exact) mass is 383 g/mol. The van der Waals surface area contributed by atoms with Gasteiger partial charge in [-0.05, 0) is 81.9 Å². The van der Waals surface area contributed by atoms with Crippen LogP contribution < -0.4 is 0 Å². The fourth-order valence-corrected chi connectivity index (χ4v) is 4.92. The SMILES string of the molecule is c1ccc(-c2ccc3c(c2)-c2cc4ccc5oc6ccccc6c5c4cc2C3)nc1. The van der Waals surface area contributed by atoms with Crippen molar-refractivity contribution in [3.8, 4) is 22.4 Å². The van der Waals surface area contributed by atoms with Crippen molar-refractivity contribution in [3.63, 3.8) is 0 Å². The predicted molar refractivity (Wildman–Crippen MR) is 123 cm³/mol. The smallest absolute Gasteiger partial charge is 0.136 e. The average Bonchev–Trinajstić information content (AvgIpc) is 3.35. The number of benzene rings is 4. The van der Waals surface area contributed by atoms with Crippen LogP contribution in [-0.2, 0) is 6.42 Å². The molecule has 2 aromatic heterocycles. The quantitative estimate of drug-likeness (QED) is 0.296. The Kier molecular flexibility index (Phi) is 3.09. The Morgan fingerprint density at radius 2 is 1.57 bits per heavy atom. The molecule has 0 fully saturated rings. The Hall–Kier alpha value is -3.91. The molecular formula is C28H17NO. The molecule has 0 N–H and O–H groups in total. The summed E-state index contributed by atoms with van der Waals surface area (Å²) >= 11 is 0. The van der Waals surface area contributed by atoms with Crippen molar-refractivity contribution in [1.82, 2.24) is 4.98 Å². The second kappa shape index (κ2) is 5.80. The van der Waals surface area contributed by atoms with E-state index < -0.39 is 0 Å². The maximum Gasteiger partial charge on any atom is 0.136 e.